The van der Waals surface area contributed by atoms with Crippen LogP contribution in [0.3, 0.4) is 0 Å². The van der Waals surface area contributed by atoms with Crippen molar-refractivity contribution in [2.45, 2.75) is 26.2 Å². The maximum atomic E-state index is 2.53. The fourth-order valence-corrected chi connectivity index (χ4v) is 7.99. The Bertz CT molecular complexity index is 2430. The molecule has 0 amide bonds. The SMILES string of the molecule is CN1CN(c2cccc(N3CN(c4c(-c5ccccc5)cccc4-c4cc(-c5ccccc5)cc(C(C)(C)C)c4)c4ccccc43)c2)c2ccccc21. The van der Waals surface area contributed by atoms with Crippen molar-refractivity contribution < 1.29 is 0 Å². The second-order valence-electron chi connectivity index (χ2n) is 15.2. The van der Waals surface area contributed by atoms with E-state index in [9.17, 15) is 0 Å². The molecule has 0 bridgehead atoms. The number of benzene rings is 7. The van der Waals surface area contributed by atoms with Crippen LogP contribution in [0.5, 0.6) is 0 Å². The van der Waals surface area contributed by atoms with Gasteiger partial charge < -0.3 is 19.6 Å². The van der Waals surface area contributed by atoms with E-state index in [4.69, 9.17) is 0 Å². The standard InChI is InChI=1S/C49H44N4/c1-49(2,3)39-30-37(35-17-7-5-8-18-35)29-38(31-39)43-24-16-23-42(36-19-9-6-10-20-36)48(43)53-34-52(46-27-13-14-28-47(46)53)41-22-15-21-40(32-41)51-33-50(4)44-25-11-12-26-45(44)51/h5-32H,33-34H2,1-4H3. The van der Waals surface area contributed by atoms with Crippen LogP contribution in [-0.2, 0) is 5.41 Å². The molecule has 2 aliphatic heterocycles. The van der Waals surface area contributed by atoms with E-state index in [-0.39, 0.29) is 5.41 Å². The van der Waals surface area contributed by atoms with Gasteiger partial charge in [-0.25, -0.2) is 0 Å². The van der Waals surface area contributed by atoms with Gasteiger partial charge in [0.1, 0.15) is 6.67 Å². The lowest BCUT2D eigenvalue weighted by atomic mass is 9.82. The van der Waals surface area contributed by atoms with Gasteiger partial charge in [-0.2, -0.15) is 0 Å². The topological polar surface area (TPSA) is 13.0 Å². The second kappa shape index (κ2) is 13.1. The Morgan fingerprint density at radius 3 is 1.53 bits per heavy atom. The number of anilines is 7. The number of nitrogens with zero attached hydrogens (tertiary/aromatic N) is 4. The molecule has 7 aromatic carbocycles. The van der Waals surface area contributed by atoms with E-state index >= 15 is 0 Å². The smallest absolute Gasteiger partial charge is 0.100 e. The summed E-state index contributed by atoms with van der Waals surface area (Å²) in [6, 6.07) is 62.2. The summed E-state index contributed by atoms with van der Waals surface area (Å²) in [5.74, 6) is 0. The summed E-state index contributed by atoms with van der Waals surface area (Å²) in [6.45, 7) is 8.43. The van der Waals surface area contributed by atoms with Crippen molar-refractivity contribution in [1.82, 2.24) is 0 Å². The van der Waals surface area contributed by atoms with Crippen LogP contribution >= 0.6 is 0 Å². The van der Waals surface area contributed by atoms with Crippen LogP contribution in [0.15, 0.2) is 170 Å². The van der Waals surface area contributed by atoms with E-state index in [1.54, 1.807) is 0 Å². The Kier molecular flexibility index (Phi) is 8.04. The summed E-state index contributed by atoms with van der Waals surface area (Å²) in [7, 11) is 2.17. The van der Waals surface area contributed by atoms with E-state index < -0.39 is 0 Å². The summed E-state index contributed by atoms with van der Waals surface area (Å²) in [4.78, 5) is 9.73. The summed E-state index contributed by atoms with van der Waals surface area (Å²) in [5.41, 5.74) is 17.1. The Labute approximate surface area is 313 Å². The van der Waals surface area contributed by atoms with Gasteiger partial charge in [-0.05, 0) is 81.8 Å². The van der Waals surface area contributed by atoms with Crippen LogP contribution < -0.4 is 19.6 Å². The van der Waals surface area contributed by atoms with E-state index in [0.29, 0.717) is 6.67 Å². The number of hydrogen-bond acceptors (Lipinski definition) is 4. The lowest BCUT2D eigenvalue weighted by Gasteiger charge is -2.28. The van der Waals surface area contributed by atoms with Crippen molar-refractivity contribution in [2.75, 3.05) is 40.0 Å². The summed E-state index contributed by atoms with van der Waals surface area (Å²) < 4.78 is 0. The number of fused-ring (bicyclic) bond motifs is 2. The van der Waals surface area contributed by atoms with Crippen LogP contribution in [0, 0.1) is 0 Å². The Morgan fingerprint density at radius 1 is 0.396 bits per heavy atom. The van der Waals surface area contributed by atoms with Gasteiger partial charge >= 0.3 is 0 Å². The van der Waals surface area contributed by atoms with Gasteiger partial charge in [0.25, 0.3) is 0 Å². The van der Waals surface area contributed by atoms with Gasteiger partial charge in [-0.1, -0.05) is 142 Å². The molecule has 0 N–H and O–H groups in total. The van der Waals surface area contributed by atoms with Crippen molar-refractivity contribution >= 4 is 39.8 Å². The van der Waals surface area contributed by atoms with E-state index in [1.165, 1.54) is 78.8 Å². The normalized spacial score (nSPS) is 13.7. The molecule has 0 atom stereocenters. The van der Waals surface area contributed by atoms with E-state index in [0.717, 1.165) is 6.67 Å². The summed E-state index contributed by atoms with van der Waals surface area (Å²) in [6.07, 6.45) is 0. The first-order valence-electron chi connectivity index (χ1n) is 18.6. The van der Waals surface area contributed by atoms with Crippen molar-refractivity contribution in [3.05, 3.63) is 175 Å². The predicted octanol–water partition coefficient (Wildman–Crippen LogP) is 12.8. The lowest BCUT2D eigenvalue weighted by Crippen LogP contribution is -2.26. The summed E-state index contributed by atoms with van der Waals surface area (Å²) >= 11 is 0. The first-order chi connectivity index (χ1) is 25.8. The zero-order valence-corrected chi connectivity index (χ0v) is 30.9. The minimum Gasteiger partial charge on any atom is -0.355 e. The maximum Gasteiger partial charge on any atom is 0.100 e. The Morgan fingerprint density at radius 2 is 0.887 bits per heavy atom. The molecule has 7 aromatic rings. The molecule has 0 radical (unpaired) electrons. The molecule has 4 heteroatoms. The van der Waals surface area contributed by atoms with Crippen LogP contribution in [0.25, 0.3) is 33.4 Å². The molecule has 0 aromatic heterocycles. The molecule has 53 heavy (non-hydrogen) atoms. The van der Waals surface area contributed by atoms with Gasteiger partial charge in [0.05, 0.1) is 35.1 Å². The van der Waals surface area contributed by atoms with Crippen LogP contribution in [0.1, 0.15) is 26.3 Å². The van der Waals surface area contributed by atoms with Gasteiger partial charge in [0, 0.05) is 29.5 Å². The van der Waals surface area contributed by atoms with Crippen molar-refractivity contribution in [2.24, 2.45) is 0 Å². The zero-order valence-electron chi connectivity index (χ0n) is 30.9. The third kappa shape index (κ3) is 5.90. The van der Waals surface area contributed by atoms with Gasteiger partial charge in [0.2, 0.25) is 0 Å². The highest BCUT2D eigenvalue weighted by Gasteiger charge is 2.32. The highest BCUT2D eigenvalue weighted by Crippen LogP contribution is 2.51. The highest BCUT2D eigenvalue weighted by atomic mass is 15.4. The molecule has 260 valence electrons. The predicted molar refractivity (Wildman–Crippen MR) is 225 cm³/mol. The Hall–Kier alpha value is -6.26. The molecule has 0 unspecified atom stereocenters. The van der Waals surface area contributed by atoms with Crippen LogP contribution in [0.4, 0.5) is 39.8 Å². The van der Waals surface area contributed by atoms with Gasteiger partial charge in [-0.3, -0.25) is 0 Å². The monoisotopic (exact) mass is 688 g/mol. The van der Waals surface area contributed by atoms with Gasteiger partial charge in [0.15, 0.2) is 0 Å². The van der Waals surface area contributed by atoms with Crippen molar-refractivity contribution in [1.29, 1.82) is 0 Å². The van der Waals surface area contributed by atoms with Crippen LogP contribution in [-0.4, -0.2) is 20.4 Å². The minimum absolute atomic E-state index is 0.0243. The first kappa shape index (κ1) is 32.6. The molecule has 0 aliphatic carbocycles. The number of para-hydroxylation sites is 5. The number of rotatable bonds is 6. The summed E-state index contributed by atoms with van der Waals surface area (Å²) in [5, 5.41) is 0. The molecule has 2 heterocycles. The molecule has 4 nitrogen and oxygen atoms in total. The molecule has 9 rings (SSSR count). The lowest BCUT2D eigenvalue weighted by molar-refractivity contribution is 0.590. The quantitative estimate of drug-likeness (QED) is 0.172. The van der Waals surface area contributed by atoms with E-state index in [2.05, 4.69) is 217 Å². The van der Waals surface area contributed by atoms with E-state index in [1.807, 2.05) is 0 Å². The fraction of sp³-hybridized carbons (Fsp3) is 0.143. The third-order valence-corrected chi connectivity index (χ3v) is 10.7. The second-order valence-corrected chi connectivity index (χ2v) is 15.2. The highest BCUT2D eigenvalue weighted by molar-refractivity contribution is 5.99. The molecular formula is C49H44N4. The minimum atomic E-state index is -0.0243. The fourth-order valence-electron chi connectivity index (χ4n) is 7.99. The average Bonchev–Trinajstić information content (AvgIpc) is 3.76. The van der Waals surface area contributed by atoms with Crippen LogP contribution in [0.2, 0.25) is 0 Å². The Balaban J connectivity index is 1.20. The maximum absolute atomic E-state index is 2.53. The molecule has 0 fully saturated rings. The average molecular weight is 689 g/mol. The molecular weight excluding hydrogens is 645 g/mol. The van der Waals surface area contributed by atoms with Crippen molar-refractivity contribution in [3.63, 3.8) is 0 Å². The van der Waals surface area contributed by atoms with Gasteiger partial charge in [-0.15, -0.1) is 0 Å². The number of hydrogen-bond donors (Lipinski definition) is 0. The molecule has 0 saturated carbocycles. The first-order valence-corrected chi connectivity index (χ1v) is 18.6. The third-order valence-electron chi connectivity index (χ3n) is 10.7. The molecule has 0 spiro atoms. The zero-order chi connectivity index (χ0) is 36.1. The van der Waals surface area contributed by atoms with Crippen molar-refractivity contribution in [3.8, 4) is 33.4 Å². The molecule has 2 aliphatic rings. The largest absolute Gasteiger partial charge is 0.355 e. The molecule has 0 saturated heterocycles.